The van der Waals surface area contributed by atoms with Gasteiger partial charge in [0.05, 0.1) is 22.3 Å². The van der Waals surface area contributed by atoms with E-state index in [9.17, 15) is 0 Å². The van der Waals surface area contributed by atoms with Crippen LogP contribution in [-0.4, -0.2) is 0 Å². The highest BCUT2D eigenvalue weighted by Gasteiger charge is 2.29. The highest BCUT2D eigenvalue weighted by atomic mass is 16.3. The van der Waals surface area contributed by atoms with Crippen LogP contribution in [0.2, 0.25) is 0 Å². The standard InChI is InChI=1S/C29H28NO.C28H26NO.2C26H24NO/c1-19-12-14-24-25-16-21-10-6-7-11-22(21)17-27(25)31-29(24)28(19)26-15-13-23(18-30(26)2)20-8-4-3-5-9-20;1-18-11-13-23-24-15-20-9-5-6-10-21(20)16-26(24)30-28(23)27(18)25-14-12-22(17-29(25)2)19-7-3-4-8-19;2*1-16(2)20-10-12-23(27(4)15-20)25-17(3)9-11-21-22-13-18-7-5-6-8-19(18)14-24(22)28-26(21)25/h6-7,10-18,20H,3-5,8-9H2,1-2H3;5-6,9-17,19H,3-4,7-8H2,1-2H3;2*5-16H,1-4H3/q4*+1/i20D;19D;1D3,16D;16D. The lowest BCUT2D eigenvalue weighted by molar-refractivity contribution is -0.661. The molecule has 0 aliphatic heterocycles. The van der Waals surface area contributed by atoms with Crippen molar-refractivity contribution in [3.63, 3.8) is 0 Å². The molecule has 1 atom stereocenters. The zero-order valence-electron chi connectivity index (χ0n) is 75.7. The Hall–Kier alpha value is -12.5. The Kier molecular flexibility index (Phi) is 17.4. The van der Waals surface area contributed by atoms with Crippen LogP contribution in [-0.2, 0) is 28.2 Å². The quantitative estimate of drug-likeness (QED) is 0.142. The van der Waals surface area contributed by atoms with E-state index in [1.807, 2.05) is 57.6 Å². The largest absolute Gasteiger partial charge is 0.455 e. The fourth-order valence-electron chi connectivity index (χ4n) is 18.5. The highest BCUT2D eigenvalue weighted by Crippen LogP contribution is 2.45. The summed E-state index contributed by atoms with van der Waals surface area (Å²) in [5, 5.41) is 18.6. The molecule has 1 unspecified atom stereocenters. The second kappa shape index (κ2) is 30.6. The molecule has 0 saturated heterocycles. The zero-order valence-corrected chi connectivity index (χ0v) is 68.7. The Bertz CT molecular complexity index is 7700. The molecule has 8 heteroatoms. The minimum Gasteiger partial charge on any atom is -0.455 e. The van der Waals surface area contributed by atoms with Crippen LogP contribution in [0.15, 0.2) is 285 Å². The average Bonchev–Trinajstić information content (AvgIpc) is 1.60. The maximum Gasteiger partial charge on any atom is 0.216 e. The van der Waals surface area contributed by atoms with Crippen LogP contribution in [0.4, 0.5) is 0 Å². The first kappa shape index (κ1) is 66.7. The van der Waals surface area contributed by atoms with Gasteiger partial charge < -0.3 is 17.7 Å². The average molecular weight is 1540 g/mol. The number of pyridine rings is 4. The van der Waals surface area contributed by atoms with Gasteiger partial charge in [-0.2, -0.15) is 0 Å². The predicted octanol–water partition coefficient (Wildman–Crippen LogP) is 28.1. The third-order valence-corrected chi connectivity index (χ3v) is 24.9. The van der Waals surface area contributed by atoms with Gasteiger partial charge in [0, 0.05) is 99.2 Å². The highest BCUT2D eigenvalue weighted by molar-refractivity contribution is 6.17. The van der Waals surface area contributed by atoms with Gasteiger partial charge >= 0.3 is 0 Å². The van der Waals surface area contributed by atoms with Gasteiger partial charge in [-0.15, -0.1) is 0 Å². The van der Waals surface area contributed by atoms with Crippen molar-refractivity contribution in [2.45, 2.75) is 137 Å². The van der Waals surface area contributed by atoms with Crippen LogP contribution >= 0.6 is 0 Å². The lowest BCUT2D eigenvalue weighted by Gasteiger charge is -2.21. The second-order valence-corrected chi connectivity index (χ2v) is 33.0. The van der Waals surface area contributed by atoms with Crippen molar-refractivity contribution in [1.82, 2.24) is 0 Å². The first-order valence-corrected chi connectivity index (χ1v) is 41.4. The topological polar surface area (TPSA) is 68.1 Å². The van der Waals surface area contributed by atoms with E-state index in [0.717, 1.165) is 212 Å². The minimum absolute atomic E-state index is 0.434. The monoisotopic (exact) mass is 1540 g/mol. The molecule has 2 aliphatic rings. The van der Waals surface area contributed by atoms with Gasteiger partial charge in [-0.05, 0) is 215 Å². The van der Waals surface area contributed by atoms with Crippen LogP contribution in [0.5, 0.6) is 0 Å². The van der Waals surface area contributed by atoms with E-state index in [1.54, 1.807) is 12.3 Å². The summed E-state index contributed by atoms with van der Waals surface area (Å²) < 4.78 is 92.0. The molecule has 8 nitrogen and oxygen atoms in total. The van der Waals surface area contributed by atoms with Crippen LogP contribution in [0.3, 0.4) is 0 Å². The van der Waals surface area contributed by atoms with Crippen molar-refractivity contribution in [2.75, 3.05) is 0 Å². The molecule has 578 valence electrons. The maximum atomic E-state index is 9.02. The molecule has 2 saturated carbocycles. The summed E-state index contributed by atoms with van der Waals surface area (Å²) >= 11 is 0. The van der Waals surface area contributed by atoms with Gasteiger partial charge in [-0.1, -0.05) is 205 Å². The van der Waals surface area contributed by atoms with E-state index in [4.69, 9.17) is 27.3 Å². The van der Waals surface area contributed by atoms with Crippen LogP contribution < -0.4 is 18.3 Å². The molecule has 0 spiro atoms. The summed E-state index contributed by atoms with van der Waals surface area (Å²) in [6.07, 6.45) is 17.8. The molecule has 0 N–H and O–H groups in total. The Morgan fingerprint density at radius 3 is 0.821 bits per heavy atom. The molecule has 117 heavy (non-hydrogen) atoms. The Morgan fingerprint density at radius 2 is 0.556 bits per heavy atom. The molecule has 2 fully saturated rings. The smallest absolute Gasteiger partial charge is 0.216 e. The van der Waals surface area contributed by atoms with E-state index < -0.39 is 30.4 Å². The Morgan fingerprint density at radius 1 is 0.299 bits per heavy atom. The number of aryl methyl sites for hydroxylation is 8. The maximum absolute atomic E-state index is 9.02. The lowest BCUT2D eigenvalue weighted by Crippen LogP contribution is -2.32. The number of hydrogen-bond acceptors (Lipinski definition) is 4. The molecule has 12 aromatic carbocycles. The summed E-state index contributed by atoms with van der Waals surface area (Å²) in [5.41, 5.74) is 24.1. The summed E-state index contributed by atoms with van der Waals surface area (Å²) in [7, 11) is 8.11. The van der Waals surface area contributed by atoms with Crippen molar-refractivity contribution in [2.24, 2.45) is 28.2 Å². The van der Waals surface area contributed by atoms with Crippen molar-refractivity contribution in [3.05, 3.63) is 312 Å². The minimum atomic E-state index is -2.42. The molecule has 8 aromatic heterocycles. The van der Waals surface area contributed by atoms with Crippen molar-refractivity contribution in [1.29, 1.82) is 0 Å². The first-order valence-electron chi connectivity index (χ1n) is 44.9. The SMILES string of the molecule is [2H]C(C)(C)c1ccc(-c2c(C)ccc3c2oc2cc4ccccc4cc23)[n+](C)c1.[2H]C([2H])([2H])C([2H])(C)c1ccc(-c2c(C)ccc3c2oc2cc4ccccc4cc23)[n+](C)c1.[2H]C1(c2ccc(-c3c(C)ccc4c3oc3cc5ccccc5cc34)[n+](C)c2)CCCC1.[2H]C1(c2ccc(-c3c(C)ccc4c3oc3cc5ccccc5cc34)[n+](C)c2)CCCCC1. The number of hydrogen-bond donors (Lipinski definition) is 0. The molecule has 22 rings (SSSR count). The molecule has 0 bridgehead atoms. The third kappa shape index (κ3) is 13.7. The summed E-state index contributed by atoms with van der Waals surface area (Å²) in [6.45, 7) is 11.3. The fraction of sp³-hybridized carbons (Fsp3) is 0.229. The Balaban J connectivity index is 0.000000108. The molecule has 2 aliphatic carbocycles. The van der Waals surface area contributed by atoms with E-state index in [0.29, 0.717) is 5.56 Å². The number of furan rings is 4. The lowest BCUT2D eigenvalue weighted by atomic mass is 9.84. The first-order chi connectivity index (χ1) is 59.5. The second-order valence-electron chi connectivity index (χ2n) is 33.0. The predicted molar refractivity (Wildman–Crippen MR) is 486 cm³/mol. The van der Waals surface area contributed by atoms with Crippen molar-refractivity contribution >= 4 is 131 Å². The zero-order chi connectivity index (χ0) is 86.2. The van der Waals surface area contributed by atoms with Gasteiger partial charge in [-0.3, -0.25) is 0 Å². The van der Waals surface area contributed by atoms with Crippen molar-refractivity contribution in [3.8, 4) is 45.0 Å². The molecule has 8 heterocycles. The molecule has 0 amide bonds. The number of fused-ring (bicyclic) bond motifs is 16. The van der Waals surface area contributed by atoms with Gasteiger partial charge in [0.2, 0.25) is 22.8 Å². The van der Waals surface area contributed by atoms with Crippen molar-refractivity contribution < 1.29 is 45.5 Å². The fourth-order valence-corrected chi connectivity index (χ4v) is 18.5. The van der Waals surface area contributed by atoms with E-state index in [-0.39, 0.29) is 0 Å². The number of nitrogens with zero attached hydrogens (tertiary/aromatic N) is 4. The molecule has 0 radical (unpaired) electrons. The van der Waals surface area contributed by atoms with Crippen LogP contribution in [0.25, 0.3) is 176 Å². The molecule has 20 aromatic rings. The number of aromatic nitrogens is 4. The van der Waals surface area contributed by atoms with Crippen LogP contribution in [0, 0.1) is 27.7 Å². The van der Waals surface area contributed by atoms with E-state index >= 15 is 0 Å². The summed E-state index contributed by atoms with van der Waals surface area (Å²) in [4.78, 5) is 0. The summed E-state index contributed by atoms with van der Waals surface area (Å²) in [5.74, 6) is -3.20. The van der Waals surface area contributed by atoms with E-state index in [2.05, 4.69) is 286 Å². The van der Waals surface area contributed by atoms with E-state index in [1.165, 1.54) is 67.7 Å². The van der Waals surface area contributed by atoms with Gasteiger partial charge in [0.15, 0.2) is 24.8 Å². The van der Waals surface area contributed by atoms with Crippen LogP contribution in [0.1, 0.15) is 163 Å². The Labute approximate surface area is 694 Å². The normalized spacial score (nSPS) is 15.7. The van der Waals surface area contributed by atoms with Gasteiger partial charge in [0.25, 0.3) is 0 Å². The third-order valence-electron chi connectivity index (χ3n) is 24.9. The molecular formula is C109H102N4O4+4. The van der Waals surface area contributed by atoms with Gasteiger partial charge in [0.1, 0.15) is 72.9 Å². The molecular weight excluding hydrogens is 1430 g/mol. The van der Waals surface area contributed by atoms with Gasteiger partial charge in [-0.25, -0.2) is 18.3 Å². The number of benzene rings is 12. The number of rotatable bonds is 8. The summed E-state index contributed by atoms with van der Waals surface area (Å²) in [6, 6.07) is 84.6.